The molecule has 0 fully saturated rings. The third kappa shape index (κ3) is 6.01. The fourth-order valence-electron chi connectivity index (χ4n) is 6.18. The van der Waals surface area contributed by atoms with Crippen LogP contribution in [-0.4, -0.2) is 32.2 Å². The summed E-state index contributed by atoms with van der Waals surface area (Å²) in [6.45, 7) is 10.9. The largest absolute Gasteiger partial charge is 0.316 e. The van der Waals surface area contributed by atoms with Crippen molar-refractivity contribution in [2.24, 2.45) is 10.7 Å². The third-order valence-electron chi connectivity index (χ3n) is 7.63. The van der Waals surface area contributed by atoms with Gasteiger partial charge in [-0.25, -0.2) is 0 Å². The molecule has 3 aromatic rings. The van der Waals surface area contributed by atoms with Gasteiger partial charge in [0.25, 0.3) is 0 Å². The molecule has 0 saturated heterocycles. The summed E-state index contributed by atoms with van der Waals surface area (Å²) in [5.74, 6) is 0.949. The Balaban J connectivity index is 2.07. The Bertz CT molecular complexity index is 1520. The molecular weight excluding hydrogens is 518 g/mol. The third-order valence-corrected chi connectivity index (χ3v) is 8.23. The van der Waals surface area contributed by atoms with Gasteiger partial charge in [0, 0.05) is 17.9 Å². The highest BCUT2D eigenvalue weighted by atomic mass is 32.2. The SMILES string of the molecule is C=C/C=C(\C=C/C)CC1(c2ccccc2CSC)c2ccccc2-c2cc(C(=N/CN)/C(=C/C=C)CNC)ccc21. The van der Waals surface area contributed by atoms with Crippen molar-refractivity contribution >= 4 is 17.5 Å². The maximum atomic E-state index is 5.98. The molecule has 0 saturated carbocycles. The van der Waals surface area contributed by atoms with E-state index >= 15 is 0 Å². The summed E-state index contributed by atoms with van der Waals surface area (Å²) in [7, 11) is 1.94. The fraction of sp³-hybridized carbons (Fsp3) is 0.216. The van der Waals surface area contributed by atoms with Gasteiger partial charge in [-0.15, -0.1) is 0 Å². The molecule has 41 heavy (non-hydrogen) atoms. The molecule has 0 spiro atoms. The van der Waals surface area contributed by atoms with E-state index in [0.29, 0.717) is 6.54 Å². The van der Waals surface area contributed by atoms with Crippen molar-refractivity contribution in [3.05, 3.63) is 155 Å². The normalized spacial score (nSPS) is 17.0. The van der Waals surface area contributed by atoms with Gasteiger partial charge in [0.05, 0.1) is 17.8 Å². The molecule has 3 N–H and O–H groups in total. The zero-order valence-electron chi connectivity index (χ0n) is 24.5. The number of fused-ring (bicyclic) bond motifs is 3. The Labute approximate surface area is 250 Å². The summed E-state index contributed by atoms with van der Waals surface area (Å²) in [4.78, 5) is 4.75. The Hall–Kier alpha value is -3.70. The van der Waals surface area contributed by atoms with Gasteiger partial charge in [-0.2, -0.15) is 11.8 Å². The number of hydrogen-bond donors (Lipinski definition) is 2. The van der Waals surface area contributed by atoms with Gasteiger partial charge in [0.15, 0.2) is 0 Å². The van der Waals surface area contributed by atoms with Crippen LogP contribution in [-0.2, 0) is 11.2 Å². The van der Waals surface area contributed by atoms with Crippen molar-refractivity contribution in [2.75, 3.05) is 26.5 Å². The number of hydrogen-bond acceptors (Lipinski definition) is 4. The Morgan fingerprint density at radius 1 is 0.951 bits per heavy atom. The molecule has 4 heteroatoms. The molecule has 210 valence electrons. The van der Waals surface area contributed by atoms with E-state index in [1.165, 1.54) is 39.0 Å². The van der Waals surface area contributed by atoms with Crippen LogP contribution in [0.5, 0.6) is 0 Å². The van der Waals surface area contributed by atoms with E-state index in [-0.39, 0.29) is 12.1 Å². The zero-order chi connectivity index (χ0) is 29.2. The predicted molar refractivity (Wildman–Crippen MR) is 181 cm³/mol. The van der Waals surface area contributed by atoms with Gasteiger partial charge in [-0.05, 0) is 77.2 Å². The number of nitrogens with two attached hydrogens (primary N) is 1. The second kappa shape index (κ2) is 14.3. The number of thioether (sulfide) groups is 1. The Morgan fingerprint density at radius 2 is 1.66 bits per heavy atom. The van der Waals surface area contributed by atoms with E-state index < -0.39 is 0 Å². The first-order chi connectivity index (χ1) is 20.1. The average Bonchev–Trinajstić information content (AvgIpc) is 3.26. The van der Waals surface area contributed by atoms with Crippen LogP contribution in [0, 0.1) is 0 Å². The number of likely N-dealkylation sites (N-methyl/N-ethyl adjacent to an activating group) is 1. The summed E-state index contributed by atoms with van der Waals surface area (Å²) >= 11 is 1.86. The lowest BCUT2D eigenvalue weighted by atomic mass is 9.67. The van der Waals surface area contributed by atoms with E-state index in [4.69, 9.17) is 10.7 Å². The number of rotatable bonds is 13. The molecule has 0 radical (unpaired) electrons. The Morgan fingerprint density at radius 3 is 2.34 bits per heavy atom. The van der Waals surface area contributed by atoms with Gasteiger partial charge >= 0.3 is 0 Å². The van der Waals surface area contributed by atoms with Gasteiger partial charge < -0.3 is 11.1 Å². The minimum Gasteiger partial charge on any atom is -0.316 e. The first-order valence-corrected chi connectivity index (χ1v) is 15.5. The van der Waals surface area contributed by atoms with Crippen molar-refractivity contribution in [3.8, 4) is 11.1 Å². The maximum absolute atomic E-state index is 5.98. The second-order valence-electron chi connectivity index (χ2n) is 10.1. The van der Waals surface area contributed by atoms with Gasteiger partial charge in [-0.3, -0.25) is 4.99 Å². The molecule has 0 aliphatic heterocycles. The first kappa shape index (κ1) is 30.3. The second-order valence-corrected chi connectivity index (χ2v) is 11.0. The quantitative estimate of drug-likeness (QED) is 0.165. The lowest BCUT2D eigenvalue weighted by Gasteiger charge is -2.35. The topological polar surface area (TPSA) is 50.4 Å². The van der Waals surface area contributed by atoms with Crippen LogP contribution in [0.1, 0.15) is 41.2 Å². The predicted octanol–water partition coefficient (Wildman–Crippen LogP) is 7.98. The van der Waals surface area contributed by atoms with Crippen LogP contribution >= 0.6 is 11.8 Å². The van der Waals surface area contributed by atoms with Crippen LogP contribution in [0.25, 0.3) is 11.1 Å². The molecule has 0 aromatic heterocycles. The van der Waals surface area contributed by atoms with Crippen LogP contribution in [0.4, 0.5) is 0 Å². The number of benzene rings is 3. The highest BCUT2D eigenvalue weighted by molar-refractivity contribution is 7.97. The van der Waals surface area contributed by atoms with E-state index in [1.807, 2.05) is 37.0 Å². The molecule has 1 atom stereocenters. The summed E-state index contributed by atoms with van der Waals surface area (Å²) in [6, 6.07) is 24.7. The lowest BCUT2D eigenvalue weighted by molar-refractivity contribution is 0.627. The van der Waals surface area contributed by atoms with E-state index in [1.54, 1.807) is 0 Å². The molecule has 1 aliphatic carbocycles. The standard InChI is InChI=1S/C37H41N3S/c1-6-13-27(14-7-2)23-37(33-18-11-9-16-30(33)25-41-5)34-19-12-10-17-31(34)32-22-28(20-21-35(32)37)36(40-26-38)29(15-8-3)24-39-4/h6-22,39H,1,3,23-26,38H2,2,4-5H3/b14-7-,27-13+,29-15+,40-36-. The number of aliphatic imine (C=N–C) groups is 1. The maximum Gasteiger partial charge on any atom is 0.0867 e. The van der Waals surface area contributed by atoms with Crippen molar-refractivity contribution < 1.29 is 0 Å². The highest BCUT2D eigenvalue weighted by Gasteiger charge is 2.45. The van der Waals surface area contributed by atoms with E-state index in [2.05, 4.69) is 117 Å². The average molecular weight is 560 g/mol. The molecule has 1 aliphatic rings. The molecule has 0 bridgehead atoms. The fourth-order valence-corrected chi connectivity index (χ4v) is 6.75. The number of allylic oxidation sites excluding steroid dienone is 7. The van der Waals surface area contributed by atoms with Crippen molar-refractivity contribution in [1.82, 2.24) is 5.32 Å². The van der Waals surface area contributed by atoms with Gasteiger partial charge in [-0.1, -0.05) is 110 Å². The summed E-state index contributed by atoms with van der Waals surface area (Å²) < 4.78 is 0. The van der Waals surface area contributed by atoms with Gasteiger partial charge in [0.2, 0.25) is 0 Å². The Kier molecular flexibility index (Phi) is 10.5. The van der Waals surface area contributed by atoms with Gasteiger partial charge in [0.1, 0.15) is 0 Å². The first-order valence-electron chi connectivity index (χ1n) is 14.1. The minimum absolute atomic E-state index is 0.215. The molecule has 0 amide bonds. The van der Waals surface area contributed by atoms with Crippen LogP contribution in [0.2, 0.25) is 0 Å². The zero-order valence-corrected chi connectivity index (χ0v) is 25.3. The van der Waals surface area contributed by atoms with E-state index in [9.17, 15) is 0 Å². The van der Waals surface area contributed by atoms with E-state index in [0.717, 1.165) is 29.0 Å². The molecule has 3 aromatic carbocycles. The van der Waals surface area contributed by atoms with Crippen LogP contribution in [0.3, 0.4) is 0 Å². The van der Waals surface area contributed by atoms with Crippen molar-refractivity contribution in [1.29, 1.82) is 0 Å². The van der Waals surface area contributed by atoms with Crippen molar-refractivity contribution in [3.63, 3.8) is 0 Å². The van der Waals surface area contributed by atoms with Crippen LogP contribution < -0.4 is 11.1 Å². The molecular formula is C37H41N3S. The summed E-state index contributed by atoms with van der Waals surface area (Å²) in [6.07, 6.45) is 15.2. The monoisotopic (exact) mass is 559 g/mol. The molecule has 0 heterocycles. The lowest BCUT2D eigenvalue weighted by Crippen LogP contribution is -2.29. The number of nitrogens with zero attached hydrogens (tertiary/aromatic N) is 1. The smallest absolute Gasteiger partial charge is 0.0867 e. The molecule has 1 unspecified atom stereocenters. The highest BCUT2D eigenvalue weighted by Crippen LogP contribution is 2.56. The number of nitrogens with one attached hydrogen (secondary N) is 1. The summed E-state index contributed by atoms with van der Waals surface area (Å²) in [5.41, 5.74) is 17.7. The summed E-state index contributed by atoms with van der Waals surface area (Å²) in [5, 5.41) is 3.27. The molecule has 3 nitrogen and oxygen atoms in total. The van der Waals surface area contributed by atoms with Crippen molar-refractivity contribution in [2.45, 2.75) is 24.5 Å². The molecule has 4 rings (SSSR count). The minimum atomic E-state index is -0.360. The van der Waals surface area contributed by atoms with Crippen LogP contribution in [0.15, 0.2) is 132 Å².